The Kier molecular flexibility index (Phi) is 3.13. The van der Waals surface area contributed by atoms with Crippen molar-refractivity contribution in [3.05, 3.63) is 18.0 Å². The molecule has 0 unspecified atom stereocenters. The second kappa shape index (κ2) is 4.49. The second-order valence-corrected chi connectivity index (χ2v) is 5.47. The number of nitrogens with zero attached hydrogens (tertiary/aromatic N) is 4. The third kappa shape index (κ3) is 2.64. The maximum absolute atomic E-state index is 10.8. The van der Waals surface area contributed by atoms with Gasteiger partial charge in [0, 0.05) is 5.41 Å². The molecule has 0 bridgehead atoms. The summed E-state index contributed by atoms with van der Waals surface area (Å²) in [5.41, 5.74) is 0.446. The Morgan fingerprint density at radius 2 is 2.05 bits per heavy atom. The summed E-state index contributed by atoms with van der Waals surface area (Å²) in [6.07, 6.45) is 0. The molecule has 0 aliphatic rings. The van der Waals surface area contributed by atoms with E-state index in [1.54, 1.807) is 23.6 Å². The molecule has 2 heterocycles. The van der Waals surface area contributed by atoms with Crippen LogP contribution in [0.4, 0.5) is 5.82 Å². The molecule has 0 aliphatic carbocycles. The fourth-order valence-corrected chi connectivity index (χ4v) is 1.62. The number of anilines is 1. The number of fused-ring (bicyclic) bond motifs is 1. The summed E-state index contributed by atoms with van der Waals surface area (Å²) in [7, 11) is 0. The van der Waals surface area contributed by atoms with E-state index in [-0.39, 0.29) is 5.41 Å². The van der Waals surface area contributed by atoms with Crippen molar-refractivity contribution in [3.8, 4) is 0 Å². The number of nitrogens with one attached hydrogen (secondary N) is 1. The number of aliphatic carboxylic acids is 1. The van der Waals surface area contributed by atoms with Crippen molar-refractivity contribution in [2.75, 3.05) is 5.32 Å². The van der Waals surface area contributed by atoms with E-state index >= 15 is 0 Å². The van der Waals surface area contributed by atoms with Crippen molar-refractivity contribution < 1.29 is 9.90 Å². The van der Waals surface area contributed by atoms with Crippen LogP contribution in [-0.4, -0.2) is 36.9 Å². The van der Waals surface area contributed by atoms with Crippen LogP contribution >= 0.6 is 0 Å². The third-order valence-corrected chi connectivity index (χ3v) is 2.67. The molecule has 1 atom stereocenters. The van der Waals surface area contributed by atoms with E-state index in [2.05, 4.69) is 20.6 Å². The van der Waals surface area contributed by atoms with Crippen LogP contribution < -0.4 is 5.32 Å². The Morgan fingerprint density at radius 1 is 1.37 bits per heavy atom. The molecule has 2 aromatic rings. The Hall–Kier alpha value is -2.18. The van der Waals surface area contributed by atoms with Crippen molar-refractivity contribution in [1.82, 2.24) is 19.8 Å². The number of rotatable bonds is 3. The molecule has 7 heteroatoms. The van der Waals surface area contributed by atoms with Gasteiger partial charge in [-0.15, -0.1) is 15.3 Å². The Bertz CT molecular complexity index is 614. The lowest BCUT2D eigenvalue weighted by molar-refractivity contribution is -0.137. The molecule has 19 heavy (non-hydrogen) atoms. The van der Waals surface area contributed by atoms with Crippen LogP contribution in [0, 0.1) is 0 Å². The van der Waals surface area contributed by atoms with Crippen molar-refractivity contribution in [1.29, 1.82) is 0 Å². The Morgan fingerprint density at radius 3 is 2.63 bits per heavy atom. The van der Waals surface area contributed by atoms with Crippen LogP contribution in [0.1, 0.15) is 33.5 Å². The van der Waals surface area contributed by atoms with Gasteiger partial charge in [-0.05, 0) is 19.1 Å². The molecule has 0 saturated heterocycles. The summed E-state index contributed by atoms with van der Waals surface area (Å²) in [5.74, 6) is 0.281. The molecule has 7 nitrogen and oxygen atoms in total. The molecule has 0 saturated carbocycles. The van der Waals surface area contributed by atoms with E-state index in [0.29, 0.717) is 11.5 Å². The van der Waals surface area contributed by atoms with Gasteiger partial charge >= 0.3 is 5.97 Å². The van der Waals surface area contributed by atoms with Gasteiger partial charge < -0.3 is 10.4 Å². The lowest BCUT2D eigenvalue weighted by atomic mass is 9.96. The topological polar surface area (TPSA) is 92.4 Å². The number of hydrogen-bond acceptors (Lipinski definition) is 5. The van der Waals surface area contributed by atoms with Gasteiger partial charge in [0.2, 0.25) is 0 Å². The third-order valence-electron chi connectivity index (χ3n) is 2.67. The van der Waals surface area contributed by atoms with Gasteiger partial charge in [0.05, 0.1) is 0 Å². The van der Waals surface area contributed by atoms with E-state index in [0.717, 1.165) is 5.82 Å². The molecular formula is C12H17N5O2. The SMILES string of the molecule is C[C@H](Nc1ccc2nnc(C(C)(C)C)n2n1)C(=O)O. The first-order chi connectivity index (χ1) is 8.79. The number of hydrogen-bond donors (Lipinski definition) is 2. The molecule has 102 valence electrons. The first-order valence-corrected chi connectivity index (χ1v) is 6.01. The molecular weight excluding hydrogens is 246 g/mol. The summed E-state index contributed by atoms with van der Waals surface area (Å²) in [4.78, 5) is 10.8. The van der Waals surface area contributed by atoms with Crippen molar-refractivity contribution in [3.63, 3.8) is 0 Å². The van der Waals surface area contributed by atoms with Gasteiger partial charge in [-0.25, -0.2) is 0 Å². The minimum atomic E-state index is -0.929. The van der Waals surface area contributed by atoms with Gasteiger partial charge in [0.25, 0.3) is 0 Å². The average molecular weight is 263 g/mol. The van der Waals surface area contributed by atoms with E-state index in [1.165, 1.54) is 0 Å². The molecule has 0 amide bonds. The van der Waals surface area contributed by atoms with Crippen molar-refractivity contribution in [2.45, 2.75) is 39.2 Å². The van der Waals surface area contributed by atoms with Gasteiger partial charge in [-0.3, -0.25) is 4.79 Å². The minimum absolute atomic E-state index is 0.191. The van der Waals surface area contributed by atoms with Crippen molar-refractivity contribution in [2.24, 2.45) is 0 Å². The van der Waals surface area contributed by atoms with E-state index in [4.69, 9.17) is 5.11 Å². The van der Waals surface area contributed by atoms with E-state index < -0.39 is 12.0 Å². The molecule has 0 fully saturated rings. The van der Waals surface area contributed by atoms with Crippen LogP contribution in [0.25, 0.3) is 5.65 Å². The first-order valence-electron chi connectivity index (χ1n) is 6.01. The van der Waals surface area contributed by atoms with Crippen LogP contribution in [0.5, 0.6) is 0 Å². The van der Waals surface area contributed by atoms with E-state index in [9.17, 15) is 4.79 Å². The predicted octanol–water partition coefficient (Wildman–Crippen LogP) is 1.31. The summed E-state index contributed by atoms with van der Waals surface area (Å²) in [6, 6.07) is 2.74. The summed E-state index contributed by atoms with van der Waals surface area (Å²) >= 11 is 0. The second-order valence-electron chi connectivity index (χ2n) is 5.47. The zero-order valence-electron chi connectivity index (χ0n) is 11.4. The Labute approximate surface area is 110 Å². The van der Waals surface area contributed by atoms with Gasteiger partial charge in [0.1, 0.15) is 11.9 Å². The summed E-state index contributed by atoms with van der Waals surface area (Å²) < 4.78 is 1.64. The fraction of sp³-hybridized carbons (Fsp3) is 0.500. The standard InChI is InChI=1S/C12H17N5O2/c1-7(10(18)19)13-8-5-6-9-14-15-11(12(2,3)4)17(9)16-8/h5-7H,1-4H3,(H,13,16)(H,18,19)/t7-/m0/s1. The number of carboxylic acids is 1. The lowest BCUT2D eigenvalue weighted by Crippen LogP contribution is -2.26. The molecule has 2 N–H and O–H groups in total. The maximum Gasteiger partial charge on any atom is 0.325 e. The molecule has 2 aromatic heterocycles. The number of carboxylic acid groups (broad SMARTS) is 1. The van der Waals surface area contributed by atoms with Crippen LogP contribution in [0.15, 0.2) is 12.1 Å². The van der Waals surface area contributed by atoms with Crippen LogP contribution in [-0.2, 0) is 10.2 Å². The lowest BCUT2D eigenvalue weighted by Gasteiger charge is -2.15. The minimum Gasteiger partial charge on any atom is -0.480 e. The quantitative estimate of drug-likeness (QED) is 0.867. The zero-order valence-corrected chi connectivity index (χ0v) is 11.4. The normalized spacial score (nSPS) is 13.5. The zero-order chi connectivity index (χ0) is 14.2. The average Bonchev–Trinajstić information content (AvgIpc) is 2.71. The van der Waals surface area contributed by atoms with Gasteiger partial charge in [-0.2, -0.15) is 4.52 Å². The van der Waals surface area contributed by atoms with Gasteiger partial charge in [-0.1, -0.05) is 20.8 Å². The Balaban J connectivity index is 2.41. The van der Waals surface area contributed by atoms with Gasteiger partial charge in [0.15, 0.2) is 11.5 Å². The highest BCUT2D eigenvalue weighted by Gasteiger charge is 2.22. The molecule has 0 radical (unpaired) electrons. The largest absolute Gasteiger partial charge is 0.480 e. The van der Waals surface area contributed by atoms with Crippen LogP contribution in [0.2, 0.25) is 0 Å². The number of carbonyl (C=O) groups is 1. The van der Waals surface area contributed by atoms with E-state index in [1.807, 2.05) is 20.8 Å². The molecule has 2 rings (SSSR count). The highest BCUT2D eigenvalue weighted by Crippen LogP contribution is 2.20. The maximum atomic E-state index is 10.8. The first kappa shape index (κ1) is 13.3. The predicted molar refractivity (Wildman–Crippen MR) is 70.2 cm³/mol. The summed E-state index contributed by atoms with van der Waals surface area (Å²) in [6.45, 7) is 7.62. The van der Waals surface area contributed by atoms with Crippen LogP contribution in [0.3, 0.4) is 0 Å². The monoisotopic (exact) mass is 263 g/mol. The molecule has 0 aromatic carbocycles. The molecule has 0 spiro atoms. The highest BCUT2D eigenvalue weighted by molar-refractivity contribution is 5.76. The summed E-state index contributed by atoms with van der Waals surface area (Å²) in [5, 5.41) is 24.2. The van der Waals surface area contributed by atoms with Crippen molar-refractivity contribution >= 4 is 17.4 Å². The molecule has 0 aliphatic heterocycles. The number of aromatic nitrogens is 4. The highest BCUT2D eigenvalue weighted by atomic mass is 16.4. The fourth-order valence-electron chi connectivity index (χ4n) is 1.62. The smallest absolute Gasteiger partial charge is 0.325 e.